The third kappa shape index (κ3) is 4.02. The predicted octanol–water partition coefficient (Wildman–Crippen LogP) is 4.26. The fourth-order valence-corrected chi connectivity index (χ4v) is 5.61. The molecule has 6 nitrogen and oxygen atoms in total. The van der Waals surface area contributed by atoms with Gasteiger partial charge in [-0.1, -0.05) is 20.8 Å². The van der Waals surface area contributed by atoms with E-state index >= 15 is 0 Å². The molecule has 1 heterocycles. The van der Waals surface area contributed by atoms with Crippen molar-refractivity contribution in [3.8, 4) is 0 Å². The van der Waals surface area contributed by atoms with Crippen molar-refractivity contribution >= 4 is 32.0 Å². The third-order valence-corrected chi connectivity index (χ3v) is 8.22. The molecule has 28 heavy (non-hydrogen) atoms. The first-order valence-corrected chi connectivity index (χ1v) is 10.6. The standard InChI is InChI=1S/C17H22BrF3N2O4S/c1-15(2,3)16(4)10-22(7-8-23(16)14(24)25)28(26,27)13-9-11(17(19,20)21)5-6-12(13)18/h5-6,9H,7-8,10H2,1-4H3,(H,24,25)/t16-/m1/s1. The highest BCUT2D eigenvalue weighted by Crippen LogP contribution is 2.41. The lowest BCUT2D eigenvalue weighted by molar-refractivity contribution is -0.137. The summed E-state index contributed by atoms with van der Waals surface area (Å²) in [6.45, 7) is 6.61. The minimum atomic E-state index is -4.69. The number of rotatable bonds is 2. The fourth-order valence-electron chi connectivity index (χ4n) is 3.14. The van der Waals surface area contributed by atoms with Crippen molar-refractivity contribution in [3.63, 3.8) is 0 Å². The van der Waals surface area contributed by atoms with Crippen LogP contribution >= 0.6 is 15.9 Å². The second-order valence-corrected chi connectivity index (χ2v) is 10.7. The van der Waals surface area contributed by atoms with Gasteiger partial charge in [0, 0.05) is 24.1 Å². The molecule has 1 aliphatic rings. The van der Waals surface area contributed by atoms with Gasteiger partial charge in [-0.15, -0.1) is 0 Å². The summed E-state index contributed by atoms with van der Waals surface area (Å²) in [5, 5.41) is 9.54. The zero-order valence-corrected chi connectivity index (χ0v) is 18.2. The van der Waals surface area contributed by atoms with Crippen LogP contribution < -0.4 is 0 Å². The Balaban J connectivity index is 2.52. The molecular weight excluding hydrogens is 465 g/mol. The molecule has 1 amide bonds. The Bertz CT molecular complexity index is 883. The van der Waals surface area contributed by atoms with E-state index in [0.717, 1.165) is 16.4 Å². The molecule has 0 bridgehead atoms. The van der Waals surface area contributed by atoms with Crippen LogP contribution in [0.2, 0.25) is 0 Å². The first-order valence-electron chi connectivity index (χ1n) is 8.39. The maximum Gasteiger partial charge on any atom is 0.416 e. The Hall–Kier alpha value is -1.33. The molecule has 0 saturated carbocycles. The van der Waals surface area contributed by atoms with Crippen LogP contribution in [-0.4, -0.2) is 54.0 Å². The highest BCUT2D eigenvalue weighted by atomic mass is 79.9. The largest absolute Gasteiger partial charge is 0.465 e. The quantitative estimate of drug-likeness (QED) is 0.677. The number of benzene rings is 1. The highest BCUT2D eigenvalue weighted by Gasteiger charge is 2.51. The maximum atomic E-state index is 13.1. The monoisotopic (exact) mass is 486 g/mol. The summed E-state index contributed by atoms with van der Waals surface area (Å²) in [4.78, 5) is 12.4. The molecule has 2 rings (SSSR count). The second kappa shape index (κ2) is 7.17. The van der Waals surface area contributed by atoms with Gasteiger partial charge in [0.25, 0.3) is 0 Å². The van der Waals surface area contributed by atoms with Gasteiger partial charge in [-0.25, -0.2) is 13.2 Å². The summed E-state index contributed by atoms with van der Waals surface area (Å²) in [5.74, 6) is 0. The van der Waals surface area contributed by atoms with Gasteiger partial charge < -0.3 is 5.11 Å². The molecule has 1 saturated heterocycles. The Morgan fingerprint density at radius 1 is 1.21 bits per heavy atom. The van der Waals surface area contributed by atoms with E-state index in [4.69, 9.17) is 0 Å². The number of halogens is 4. The number of sulfonamides is 1. The summed E-state index contributed by atoms with van der Waals surface area (Å²) in [7, 11) is -4.29. The molecule has 0 aliphatic carbocycles. The van der Waals surface area contributed by atoms with E-state index in [1.165, 1.54) is 4.90 Å². The summed E-state index contributed by atoms with van der Waals surface area (Å²) < 4.78 is 66.5. The lowest BCUT2D eigenvalue weighted by atomic mass is 9.73. The molecule has 1 aromatic carbocycles. The van der Waals surface area contributed by atoms with Crippen LogP contribution in [0.15, 0.2) is 27.6 Å². The first-order chi connectivity index (χ1) is 12.5. The van der Waals surface area contributed by atoms with E-state index in [1.54, 1.807) is 27.7 Å². The van der Waals surface area contributed by atoms with Crippen molar-refractivity contribution in [2.75, 3.05) is 19.6 Å². The van der Waals surface area contributed by atoms with Gasteiger partial charge in [0.05, 0.1) is 16.0 Å². The van der Waals surface area contributed by atoms with E-state index in [2.05, 4.69) is 15.9 Å². The Labute approximate surface area is 170 Å². The topological polar surface area (TPSA) is 77.9 Å². The maximum absolute atomic E-state index is 13.1. The molecule has 0 spiro atoms. The van der Waals surface area contributed by atoms with Crippen LogP contribution in [0.1, 0.15) is 33.3 Å². The van der Waals surface area contributed by atoms with Crippen molar-refractivity contribution < 1.29 is 31.5 Å². The van der Waals surface area contributed by atoms with E-state index in [9.17, 15) is 31.5 Å². The van der Waals surface area contributed by atoms with E-state index in [1.807, 2.05) is 0 Å². The number of carboxylic acid groups (broad SMARTS) is 1. The molecule has 0 radical (unpaired) electrons. The van der Waals surface area contributed by atoms with Gasteiger partial charge in [-0.05, 0) is 46.5 Å². The lowest BCUT2D eigenvalue weighted by Gasteiger charge is -2.53. The van der Waals surface area contributed by atoms with Gasteiger partial charge in [-0.2, -0.15) is 17.5 Å². The molecule has 0 unspecified atom stereocenters. The zero-order valence-electron chi connectivity index (χ0n) is 15.8. The molecular formula is C17H22BrF3N2O4S. The first kappa shape index (κ1) is 23.0. The fraction of sp³-hybridized carbons (Fsp3) is 0.588. The number of nitrogens with zero attached hydrogens (tertiary/aromatic N) is 2. The Kier molecular flexibility index (Phi) is 5.88. The minimum absolute atomic E-state index is 0.0126. The van der Waals surface area contributed by atoms with Crippen molar-refractivity contribution in [1.29, 1.82) is 0 Å². The smallest absolute Gasteiger partial charge is 0.416 e. The van der Waals surface area contributed by atoms with Gasteiger partial charge in [0.1, 0.15) is 0 Å². The molecule has 1 atom stereocenters. The molecule has 0 aromatic heterocycles. The van der Waals surface area contributed by atoms with Gasteiger partial charge >= 0.3 is 12.3 Å². The molecule has 11 heteroatoms. The van der Waals surface area contributed by atoms with Crippen LogP contribution in [0.25, 0.3) is 0 Å². The Morgan fingerprint density at radius 3 is 2.25 bits per heavy atom. The number of carbonyl (C=O) groups is 1. The van der Waals surface area contributed by atoms with Crippen LogP contribution in [0.5, 0.6) is 0 Å². The van der Waals surface area contributed by atoms with Gasteiger partial charge in [0.2, 0.25) is 10.0 Å². The van der Waals surface area contributed by atoms with Crippen LogP contribution in [0.3, 0.4) is 0 Å². The van der Waals surface area contributed by atoms with Gasteiger partial charge in [0.15, 0.2) is 0 Å². The van der Waals surface area contributed by atoms with E-state index in [-0.39, 0.29) is 24.1 Å². The summed E-state index contributed by atoms with van der Waals surface area (Å²) in [6.07, 6.45) is -5.86. The average Bonchev–Trinajstić information content (AvgIpc) is 2.52. The van der Waals surface area contributed by atoms with Crippen molar-refractivity contribution in [1.82, 2.24) is 9.21 Å². The number of piperazine rings is 1. The number of alkyl halides is 3. The molecule has 1 aromatic rings. The van der Waals surface area contributed by atoms with Crippen molar-refractivity contribution in [3.05, 3.63) is 28.2 Å². The zero-order chi connectivity index (χ0) is 21.7. The molecule has 158 valence electrons. The van der Waals surface area contributed by atoms with Crippen molar-refractivity contribution in [2.24, 2.45) is 5.41 Å². The summed E-state index contributed by atoms with van der Waals surface area (Å²) in [6, 6.07) is 2.44. The number of hydrogen-bond acceptors (Lipinski definition) is 3. The molecule has 1 fully saturated rings. The van der Waals surface area contributed by atoms with E-state index < -0.39 is 43.7 Å². The lowest BCUT2D eigenvalue weighted by Crippen LogP contribution is -2.68. The normalized spacial score (nSPS) is 22.4. The van der Waals surface area contributed by atoms with Crippen LogP contribution in [0, 0.1) is 5.41 Å². The van der Waals surface area contributed by atoms with Crippen molar-refractivity contribution in [2.45, 2.75) is 44.3 Å². The predicted molar refractivity (Wildman–Crippen MR) is 100 cm³/mol. The number of amides is 1. The van der Waals surface area contributed by atoms with Crippen LogP contribution in [-0.2, 0) is 16.2 Å². The molecule has 1 aliphatic heterocycles. The van der Waals surface area contributed by atoms with Crippen LogP contribution in [0.4, 0.5) is 18.0 Å². The summed E-state index contributed by atoms with van der Waals surface area (Å²) >= 11 is 3.03. The number of hydrogen-bond donors (Lipinski definition) is 1. The second-order valence-electron chi connectivity index (χ2n) is 7.94. The molecule has 1 N–H and O–H groups in total. The highest BCUT2D eigenvalue weighted by molar-refractivity contribution is 9.10. The third-order valence-electron chi connectivity index (χ3n) is 5.38. The van der Waals surface area contributed by atoms with Gasteiger partial charge in [-0.3, -0.25) is 4.90 Å². The Morgan fingerprint density at radius 2 is 1.79 bits per heavy atom. The average molecular weight is 487 g/mol. The van der Waals surface area contributed by atoms with E-state index in [0.29, 0.717) is 6.07 Å². The summed E-state index contributed by atoms with van der Waals surface area (Å²) in [5.41, 5.74) is -2.76. The SMILES string of the molecule is CC(C)(C)[C@@]1(C)CN(S(=O)(=O)c2cc(C(F)(F)F)ccc2Br)CCN1C(=O)O. The minimum Gasteiger partial charge on any atom is -0.465 e.